The predicted molar refractivity (Wildman–Crippen MR) is 129 cm³/mol. The van der Waals surface area contributed by atoms with Crippen LogP contribution >= 0.6 is 11.6 Å². The largest absolute Gasteiger partial charge is 0.437 e. The third-order valence-corrected chi connectivity index (χ3v) is 5.82. The van der Waals surface area contributed by atoms with E-state index in [1.165, 1.54) is 42.8 Å². The van der Waals surface area contributed by atoms with Crippen molar-refractivity contribution in [2.75, 3.05) is 0 Å². The molecule has 2 N–H and O–H groups in total. The minimum atomic E-state index is -1.61. The molecular formula is C26H23ClF2N2O4. The van der Waals surface area contributed by atoms with Crippen molar-refractivity contribution in [2.45, 2.75) is 39.4 Å². The van der Waals surface area contributed by atoms with Crippen molar-refractivity contribution < 1.29 is 23.4 Å². The molecule has 2 aromatic heterocycles. The van der Waals surface area contributed by atoms with Gasteiger partial charge in [0, 0.05) is 34.5 Å². The molecule has 2 heterocycles. The fourth-order valence-corrected chi connectivity index (χ4v) is 4.22. The Morgan fingerprint density at radius 1 is 1.09 bits per heavy atom. The average molecular weight is 501 g/mol. The van der Waals surface area contributed by atoms with Crippen molar-refractivity contribution in [1.29, 1.82) is 0 Å². The second-order valence-corrected chi connectivity index (χ2v) is 9.36. The molecule has 0 saturated heterocycles. The highest BCUT2D eigenvalue weighted by atomic mass is 35.5. The third kappa shape index (κ3) is 4.77. The van der Waals surface area contributed by atoms with E-state index in [0.717, 1.165) is 17.2 Å². The molecule has 35 heavy (non-hydrogen) atoms. The standard InChI is InChI=1S/C26H23ClF2N2O4/c1-13-9-16(27)10-14(2)22(13)31-12-15(5-8-20(31)32)23-21(18-7-6-17(28)11-19(18)29)30-25(35-23)24(33)26(3,4)34/h5-12,24,33-34H,1-4H3/t24-/m1/s1. The van der Waals surface area contributed by atoms with E-state index in [1.807, 2.05) is 13.8 Å². The van der Waals surface area contributed by atoms with Gasteiger partial charge in [-0.2, -0.15) is 0 Å². The van der Waals surface area contributed by atoms with Gasteiger partial charge in [0.25, 0.3) is 5.56 Å². The van der Waals surface area contributed by atoms with Crippen LogP contribution in [0, 0.1) is 25.5 Å². The Hall–Kier alpha value is -3.33. The van der Waals surface area contributed by atoms with Crippen molar-refractivity contribution in [1.82, 2.24) is 9.55 Å². The van der Waals surface area contributed by atoms with Gasteiger partial charge in [0.2, 0.25) is 5.89 Å². The minimum Gasteiger partial charge on any atom is -0.437 e. The van der Waals surface area contributed by atoms with Crippen molar-refractivity contribution in [2.24, 2.45) is 0 Å². The van der Waals surface area contributed by atoms with Crippen LogP contribution in [0.2, 0.25) is 5.02 Å². The van der Waals surface area contributed by atoms with E-state index in [4.69, 9.17) is 16.0 Å². The first kappa shape index (κ1) is 24.8. The Balaban J connectivity index is 1.97. The summed E-state index contributed by atoms with van der Waals surface area (Å²) in [7, 11) is 0. The number of aliphatic hydroxyl groups is 2. The Morgan fingerprint density at radius 2 is 1.74 bits per heavy atom. The summed E-state index contributed by atoms with van der Waals surface area (Å²) < 4.78 is 35.5. The number of nitrogens with zero attached hydrogens (tertiary/aromatic N) is 2. The predicted octanol–water partition coefficient (Wildman–Crippen LogP) is 5.51. The maximum absolute atomic E-state index is 14.7. The van der Waals surface area contributed by atoms with E-state index in [9.17, 15) is 23.8 Å². The monoisotopic (exact) mass is 500 g/mol. The van der Waals surface area contributed by atoms with E-state index < -0.39 is 23.3 Å². The molecule has 1 atom stereocenters. The lowest BCUT2D eigenvalue weighted by molar-refractivity contribution is -0.0617. The minimum absolute atomic E-state index is 0.0180. The Labute approximate surface area is 205 Å². The molecule has 0 aliphatic heterocycles. The highest BCUT2D eigenvalue weighted by Crippen LogP contribution is 2.37. The van der Waals surface area contributed by atoms with Crippen LogP contribution in [0.4, 0.5) is 8.78 Å². The Morgan fingerprint density at radius 3 is 2.34 bits per heavy atom. The molecule has 0 amide bonds. The average Bonchev–Trinajstić information content (AvgIpc) is 3.18. The molecule has 0 saturated carbocycles. The molecule has 0 aliphatic rings. The maximum Gasteiger partial charge on any atom is 0.255 e. The summed E-state index contributed by atoms with van der Waals surface area (Å²) >= 11 is 6.14. The number of oxazole rings is 1. The number of aliphatic hydroxyl groups excluding tert-OH is 1. The van der Waals surface area contributed by atoms with Crippen molar-refractivity contribution >= 4 is 11.6 Å². The maximum atomic E-state index is 14.7. The fourth-order valence-electron chi connectivity index (χ4n) is 3.89. The number of halogens is 3. The summed E-state index contributed by atoms with van der Waals surface area (Å²) in [5.74, 6) is -1.88. The summed E-state index contributed by atoms with van der Waals surface area (Å²) in [6.45, 7) is 6.37. The summed E-state index contributed by atoms with van der Waals surface area (Å²) in [6.07, 6.45) is -0.0257. The zero-order valence-electron chi connectivity index (χ0n) is 19.4. The molecule has 6 nitrogen and oxygen atoms in total. The van der Waals surface area contributed by atoms with Gasteiger partial charge in [0.15, 0.2) is 11.9 Å². The number of benzene rings is 2. The Kier molecular flexibility index (Phi) is 6.40. The molecule has 4 rings (SSSR count). The van der Waals surface area contributed by atoms with Gasteiger partial charge >= 0.3 is 0 Å². The molecule has 0 aliphatic carbocycles. The van der Waals surface area contributed by atoms with Crippen LogP contribution in [0.3, 0.4) is 0 Å². The first-order valence-electron chi connectivity index (χ1n) is 10.7. The lowest BCUT2D eigenvalue weighted by atomic mass is 10.0. The van der Waals surface area contributed by atoms with Gasteiger partial charge in [-0.1, -0.05) is 11.6 Å². The van der Waals surface area contributed by atoms with Crippen LogP contribution in [0.5, 0.6) is 0 Å². The molecule has 9 heteroatoms. The summed E-state index contributed by atoms with van der Waals surface area (Å²) in [6, 6.07) is 9.25. The zero-order valence-corrected chi connectivity index (χ0v) is 20.2. The molecule has 0 spiro atoms. The van der Waals surface area contributed by atoms with Gasteiger partial charge < -0.3 is 14.6 Å². The van der Waals surface area contributed by atoms with Gasteiger partial charge in [-0.15, -0.1) is 0 Å². The van der Waals surface area contributed by atoms with Gasteiger partial charge in [0.05, 0.1) is 11.3 Å². The van der Waals surface area contributed by atoms with E-state index in [0.29, 0.717) is 22.3 Å². The normalized spacial score (nSPS) is 12.7. The van der Waals surface area contributed by atoms with Crippen molar-refractivity contribution in [3.05, 3.63) is 92.7 Å². The smallest absolute Gasteiger partial charge is 0.255 e. The second-order valence-electron chi connectivity index (χ2n) is 8.92. The lowest BCUT2D eigenvalue weighted by Crippen LogP contribution is -2.28. The molecule has 0 radical (unpaired) electrons. The quantitative estimate of drug-likeness (QED) is 0.377. The van der Waals surface area contributed by atoms with E-state index in [1.54, 1.807) is 12.1 Å². The molecule has 0 unspecified atom stereocenters. The molecule has 0 fully saturated rings. The second kappa shape index (κ2) is 9.03. The van der Waals surface area contributed by atoms with Crippen LogP contribution < -0.4 is 5.56 Å². The first-order valence-corrected chi connectivity index (χ1v) is 11.1. The van der Waals surface area contributed by atoms with Gasteiger partial charge in [-0.05, 0) is 69.2 Å². The van der Waals surface area contributed by atoms with Gasteiger partial charge in [-0.25, -0.2) is 13.8 Å². The number of hydrogen-bond donors (Lipinski definition) is 2. The number of rotatable bonds is 5. The highest BCUT2D eigenvalue weighted by Gasteiger charge is 2.33. The van der Waals surface area contributed by atoms with Crippen LogP contribution in [0.15, 0.2) is 57.9 Å². The number of hydrogen-bond acceptors (Lipinski definition) is 5. The number of pyridine rings is 1. The van der Waals surface area contributed by atoms with Crippen molar-refractivity contribution in [3.63, 3.8) is 0 Å². The molecule has 4 aromatic rings. The van der Waals surface area contributed by atoms with Gasteiger partial charge in [-0.3, -0.25) is 9.36 Å². The first-order chi connectivity index (χ1) is 16.4. The fraction of sp³-hybridized carbons (Fsp3) is 0.231. The Bertz CT molecular complexity index is 1460. The molecule has 182 valence electrons. The van der Waals surface area contributed by atoms with E-state index in [2.05, 4.69) is 4.98 Å². The number of aromatic nitrogens is 2. The number of aryl methyl sites for hydroxylation is 2. The summed E-state index contributed by atoms with van der Waals surface area (Å²) in [5.41, 5.74) is 0.451. The van der Waals surface area contributed by atoms with Crippen molar-refractivity contribution in [3.8, 4) is 28.3 Å². The van der Waals surface area contributed by atoms with Crippen LogP contribution in [-0.2, 0) is 0 Å². The molecule has 0 bridgehead atoms. The SMILES string of the molecule is Cc1cc(Cl)cc(C)c1-n1cc(-c2oc([C@@H](O)C(C)(C)O)nc2-c2ccc(F)cc2F)ccc1=O. The van der Waals surface area contributed by atoms with Crippen LogP contribution in [0.1, 0.15) is 37.0 Å². The van der Waals surface area contributed by atoms with E-state index >= 15 is 0 Å². The highest BCUT2D eigenvalue weighted by molar-refractivity contribution is 6.30. The summed E-state index contributed by atoms with van der Waals surface area (Å²) in [5, 5.41) is 21.3. The molecular weight excluding hydrogens is 478 g/mol. The zero-order chi connectivity index (χ0) is 25.7. The van der Waals surface area contributed by atoms with Crippen LogP contribution in [0.25, 0.3) is 28.3 Å². The lowest BCUT2D eigenvalue weighted by Gasteiger charge is -2.21. The summed E-state index contributed by atoms with van der Waals surface area (Å²) in [4.78, 5) is 17.0. The topological polar surface area (TPSA) is 88.5 Å². The van der Waals surface area contributed by atoms with Crippen LogP contribution in [-0.4, -0.2) is 25.4 Å². The third-order valence-electron chi connectivity index (χ3n) is 5.60. The van der Waals surface area contributed by atoms with Gasteiger partial charge in [0.1, 0.15) is 17.3 Å². The molecule has 2 aromatic carbocycles. The van der Waals surface area contributed by atoms with E-state index in [-0.39, 0.29) is 28.5 Å².